The van der Waals surface area contributed by atoms with E-state index in [0.717, 1.165) is 5.56 Å². The molecule has 0 aliphatic rings. The van der Waals surface area contributed by atoms with E-state index in [1.54, 1.807) is 18.2 Å². The minimum absolute atomic E-state index is 0.00959. The highest BCUT2D eigenvalue weighted by Crippen LogP contribution is 2.30. The van der Waals surface area contributed by atoms with Gasteiger partial charge in [0.25, 0.3) is 5.95 Å². The van der Waals surface area contributed by atoms with E-state index >= 15 is 0 Å². The second-order valence-corrected chi connectivity index (χ2v) is 5.89. The molecular weight excluding hydrogens is 375 g/mol. The molecule has 3 N–H and O–H groups in total. The lowest BCUT2D eigenvalue weighted by Gasteiger charge is -2.15. The molecule has 1 heterocycles. The summed E-state index contributed by atoms with van der Waals surface area (Å²) in [6.45, 7) is 2.72. The van der Waals surface area contributed by atoms with E-state index in [1.165, 1.54) is 10.9 Å². The van der Waals surface area contributed by atoms with Crippen molar-refractivity contribution in [3.8, 4) is 11.5 Å². The molecule has 1 aromatic heterocycles. The number of nitrogens with zero attached hydrogens (tertiary/aromatic N) is 4. The van der Waals surface area contributed by atoms with Crippen LogP contribution in [-0.4, -0.2) is 26.9 Å². The Hall–Kier alpha value is -3.07. The fraction of sp³-hybridized carbons (Fsp3) is 0.235. The van der Waals surface area contributed by atoms with Crippen molar-refractivity contribution < 1.29 is 13.9 Å². The van der Waals surface area contributed by atoms with Gasteiger partial charge in [0.1, 0.15) is 12.4 Å². The van der Waals surface area contributed by atoms with E-state index in [4.69, 9.17) is 26.8 Å². The SMILES string of the molecule is CCOc1cc(CNn2nnnc2N)ccc1OCc1c(F)cccc1Cl. The third-order valence-electron chi connectivity index (χ3n) is 3.67. The van der Waals surface area contributed by atoms with Crippen LogP contribution in [0, 0.1) is 5.82 Å². The Bertz CT molecular complexity index is 900. The van der Waals surface area contributed by atoms with Crippen molar-refractivity contribution >= 4 is 17.5 Å². The van der Waals surface area contributed by atoms with Crippen molar-refractivity contribution in [3.05, 3.63) is 58.4 Å². The third kappa shape index (κ3) is 4.56. The Labute approximate surface area is 160 Å². The topological polar surface area (TPSA) is 100 Å². The molecule has 0 unspecified atom stereocenters. The van der Waals surface area contributed by atoms with Crippen LogP contribution in [0.1, 0.15) is 18.1 Å². The average molecular weight is 393 g/mol. The molecule has 27 heavy (non-hydrogen) atoms. The normalized spacial score (nSPS) is 10.6. The summed E-state index contributed by atoms with van der Waals surface area (Å²) in [7, 11) is 0. The van der Waals surface area contributed by atoms with Crippen molar-refractivity contribution in [1.29, 1.82) is 0 Å². The van der Waals surface area contributed by atoms with Gasteiger partial charge in [-0.3, -0.25) is 0 Å². The predicted molar refractivity (Wildman–Crippen MR) is 98.6 cm³/mol. The number of tetrazole rings is 1. The van der Waals surface area contributed by atoms with E-state index in [-0.39, 0.29) is 12.6 Å². The number of hydrogen-bond donors (Lipinski definition) is 2. The zero-order chi connectivity index (χ0) is 19.2. The smallest absolute Gasteiger partial charge is 0.260 e. The summed E-state index contributed by atoms with van der Waals surface area (Å²) in [5.74, 6) is 0.762. The summed E-state index contributed by atoms with van der Waals surface area (Å²) in [4.78, 5) is 1.27. The molecule has 0 aliphatic carbocycles. The average Bonchev–Trinajstić information content (AvgIpc) is 3.06. The highest BCUT2D eigenvalue weighted by molar-refractivity contribution is 6.31. The van der Waals surface area contributed by atoms with Crippen LogP contribution in [0.15, 0.2) is 36.4 Å². The quantitative estimate of drug-likeness (QED) is 0.607. The third-order valence-corrected chi connectivity index (χ3v) is 4.02. The highest BCUT2D eigenvalue weighted by Gasteiger charge is 2.11. The number of anilines is 1. The number of nitrogens with one attached hydrogen (secondary N) is 1. The van der Waals surface area contributed by atoms with Gasteiger partial charge < -0.3 is 20.6 Å². The van der Waals surface area contributed by atoms with Crippen LogP contribution in [0.25, 0.3) is 0 Å². The number of aromatic nitrogens is 4. The molecule has 0 amide bonds. The number of halogens is 2. The summed E-state index contributed by atoms with van der Waals surface area (Å²) in [6.07, 6.45) is 0. The minimum Gasteiger partial charge on any atom is -0.490 e. The van der Waals surface area contributed by atoms with Crippen LogP contribution >= 0.6 is 11.6 Å². The van der Waals surface area contributed by atoms with Gasteiger partial charge in [-0.1, -0.05) is 28.8 Å². The van der Waals surface area contributed by atoms with Gasteiger partial charge >= 0.3 is 0 Å². The summed E-state index contributed by atoms with van der Waals surface area (Å²) in [5, 5.41) is 11.1. The molecule has 0 fully saturated rings. The summed E-state index contributed by atoms with van der Waals surface area (Å²) in [5.41, 5.74) is 9.75. The molecule has 0 saturated heterocycles. The maximum Gasteiger partial charge on any atom is 0.260 e. The molecule has 0 spiro atoms. The first-order chi connectivity index (χ1) is 13.1. The molecule has 0 atom stereocenters. The molecule has 0 aliphatic heterocycles. The lowest BCUT2D eigenvalue weighted by molar-refractivity contribution is 0.265. The van der Waals surface area contributed by atoms with Crippen molar-refractivity contribution in [2.45, 2.75) is 20.1 Å². The minimum atomic E-state index is -0.416. The van der Waals surface area contributed by atoms with Crippen molar-refractivity contribution in [3.63, 3.8) is 0 Å². The Morgan fingerprint density at radius 2 is 2.07 bits per heavy atom. The van der Waals surface area contributed by atoms with Crippen LogP contribution in [0.5, 0.6) is 11.5 Å². The largest absolute Gasteiger partial charge is 0.490 e. The second kappa shape index (κ2) is 8.54. The zero-order valence-corrected chi connectivity index (χ0v) is 15.3. The van der Waals surface area contributed by atoms with E-state index in [2.05, 4.69) is 21.0 Å². The molecule has 142 valence electrons. The van der Waals surface area contributed by atoms with Gasteiger partial charge in [-0.25, -0.2) is 4.39 Å². The first kappa shape index (κ1) is 18.7. The number of nitrogens with two attached hydrogens (primary N) is 1. The van der Waals surface area contributed by atoms with Crippen LogP contribution in [-0.2, 0) is 13.2 Å². The maximum atomic E-state index is 13.9. The zero-order valence-electron chi connectivity index (χ0n) is 14.5. The van der Waals surface area contributed by atoms with Crippen molar-refractivity contribution in [2.75, 3.05) is 17.8 Å². The van der Waals surface area contributed by atoms with Gasteiger partial charge in [-0.2, -0.15) is 0 Å². The Balaban J connectivity index is 1.72. The van der Waals surface area contributed by atoms with Crippen LogP contribution < -0.4 is 20.6 Å². The number of hydrogen-bond acceptors (Lipinski definition) is 7. The van der Waals surface area contributed by atoms with Crippen molar-refractivity contribution in [1.82, 2.24) is 20.3 Å². The van der Waals surface area contributed by atoms with Crippen LogP contribution in [0.4, 0.5) is 10.3 Å². The monoisotopic (exact) mass is 392 g/mol. The number of ether oxygens (including phenoxy) is 2. The molecular formula is C17H18ClFN6O2. The number of benzene rings is 2. The summed E-state index contributed by atoms with van der Waals surface area (Å²) >= 11 is 6.04. The fourth-order valence-corrected chi connectivity index (χ4v) is 2.56. The fourth-order valence-electron chi connectivity index (χ4n) is 2.34. The lowest BCUT2D eigenvalue weighted by atomic mass is 10.2. The standard InChI is InChI=1S/C17H18ClFN6O2/c1-2-26-16-8-11(9-21-25-17(20)22-23-24-25)6-7-15(16)27-10-12-13(18)4-3-5-14(12)19/h3-8,21H,2,9-10H2,1H3,(H2,20,22,24). The van der Waals surface area contributed by atoms with E-state index in [0.29, 0.717) is 35.2 Å². The summed E-state index contributed by atoms with van der Waals surface area (Å²) in [6, 6.07) is 9.91. The Morgan fingerprint density at radius 1 is 1.22 bits per heavy atom. The highest BCUT2D eigenvalue weighted by atomic mass is 35.5. The molecule has 8 nitrogen and oxygen atoms in total. The predicted octanol–water partition coefficient (Wildman–Crippen LogP) is 2.77. The van der Waals surface area contributed by atoms with E-state index in [9.17, 15) is 4.39 Å². The van der Waals surface area contributed by atoms with Gasteiger partial charge in [-0.15, -0.1) is 4.79 Å². The van der Waals surface area contributed by atoms with E-state index in [1.807, 2.05) is 19.1 Å². The van der Waals surface area contributed by atoms with Gasteiger partial charge in [0.05, 0.1) is 18.2 Å². The molecule has 0 saturated carbocycles. The van der Waals surface area contributed by atoms with Gasteiger partial charge in [0.2, 0.25) is 0 Å². The maximum absolute atomic E-state index is 13.9. The first-order valence-corrected chi connectivity index (χ1v) is 8.55. The molecule has 0 bridgehead atoms. The molecule has 0 radical (unpaired) electrons. The Morgan fingerprint density at radius 3 is 2.78 bits per heavy atom. The molecule has 3 rings (SSSR count). The van der Waals surface area contributed by atoms with Crippen molar-refractivity contribution in [2.24, 2.45) is 0 Å². The van der Waals surface area contributed by atoms with E-state index < -0.39 is 5.82 Å². The first-order valence-electron chi connectivity index (χ1n) is 8.17. The van der Waals surface area contributed by atoms with Crippen LogP contribution in [0.3, 0.4) is 0 Å². The summed E-state index contributed by atoms with van der Waals surface area (Å²) < 4.78 is 25.3. The van der Waals surface area contributed by atoms with Crippen LogP contribution in [0.2, 0.25) is 5.02 Å². The Kier molecular flexibility index (Phi) is 5.92. The second-order valence-electron chi connectivity index (χ2n) is 5.49. The number of rotatable bonds is 8. The molecule has 3 aromatic rings. The lowest BCUT2D eigenvalue weighted by Crippen LogP contribution is -2.18. The van der Waals surface area contributed by atoms with Gasteiger partial charge in [-0.05, 0) is 47.2 Å². The van der Waals surface area contributed by atoms with Gasteiger partial charge in [0.15, 0.2) is 11.5 Å². The molecule has 2 aromatic carbocycles. The van der Waals surface area contributed by atoms with Gasteiger partial charge in [0, 0.05) is 5.56 Å². The number of nitrogen functional groups attached to an aromatic ring is 1. The molecule has 10 heteroatoms.